The van der Waals surface area contributed by atoms with Crippen molar-refractivity contribution in [2.75, 3.05) is 0 Å². The van der Waals surface area contributed by atoms with Gasteiger partial charge in [0, 0.05) is 40.6 Å². The van der Waals surface area contributed by atoms with Crippen LogP contribution in [0.2, 0.25) is 10.0 Å². The molecule has 0 saturated carbocycles. The number of carbonyl (C=O) groups excluding carboxylic acids is 1. The summed E-state index contributed by atoms with van der Waals surface area (Å²) in [5, 5.41) is 11.9. The highest BCUT2D eigenvalue weighted by Crippen LogP contribution is 2.35. The Bertz CT molecular complexity index is 2140. The highest BCUT2D eigenvalue weighted by atomic mass is 35.5. The molecule has 0 unspecified atom stereocenters. The lowest BCUT2D eigenvalue weighted by Crippen LogP contribution is -2.39. The lowest BCUT2D eigenvalue weighted by atomic mass is 9.98. The molecule has 9 nitrogen and oxygen atoms in total. The van der Waals surface area contributed by atoms with Gasteiger partial charge in [0.25, 0.3) is 11.2 Å². The van der Waals surface area contributed by atoms with Crippen LogP contribution in [0.25, 0.3) is 28.7 Å². The number of nitrogens with zero attached hydrogens (tertiary/aromatic N) is 3. The first-order valence-corrected chi connectivity index (χ1v) is 14.1. The number of halogens is 2. The van der Waals surface area contributed by atoms with Crippen molar-refractivity contribution in [3.63, 3.8) is 0 Å². The van der Waals surface area contributed by atoms with E-state index in [1.165, 1.54) is 23.6 Å². The number of ketones is 1. The smallest absolute Gasteiger partial charge is 0.271 e. The maximum atomic E-state index is 13.8. The van der Waals surface area contributed by atoms with Crippen LogP contribution >= 0.6 is 34.5 Å². The summed E-state index contributed by atoms with van der Waals surface area (Å²) in [6.45, 7) is 3.15. The highest BCUT2D eigenvalue weighted by Gasteiger charge is 2.33. The Morgan fingerprint density at radius 1 is 1.02 bits per heavy atom. The van der Waals surface area contributed by atoms with Gasteiger partial charge in [-0.3, -0.25) is 24.3 Å². The molecule has 0 radical (unpaired) electrons. The summed E-state index contributed by atoms with van der Waals surface area (Å²) >= 11 is 13.4. The van der Waals surface area contributed by atoms with Gasteiger partial charge in [-0.05, 0) is 56.3 Å². The first-order valence-electron chi connectivity index (χ1n) is 12.5. The molecule has 1 aliphatic rings. The third kappa shape index (κ3) is 4.94. The summed E-state index contributed by atoms with van der Waals surface area (Å²) in [4.78, 5) is 42.2. The number of fused-ring (bicyclic) bond motifs is 1. The van der Waals surface area contributed by atoms with E-state index in [4.69, 9.17) is 32.0 Å². The number of benzene rings is 2. The van der Waals surface area contributed by atoms with Crippen molar-refractivity contribution in [3.8, 4) is 22.6 Å². The van der Waals surface area contributed by atoms with Crippen LogP contribution in [0, 0.1) is 10.1 Å². The van der Waals surface area contributed by atoms with Crippen molar-refractivity contribution in [3.05, 3.63) is 129 Å². The molecular weight excluding hydrogens is 601 g/mol. The molecule has 2 aromatic carbocycles. The van der Waals surface area contributed by atoms with Crippen LogP contribution in [0.4, 0.5) is 5.69 Å². The fourth-order valence-corrected chi connectivity index (χ4v) is 6.16. The Kier molecular flexibility index (Phi) is 7.05. The zero-order chi connectivity index (χ0) is 29.7. The zero-order valence-electron chi connectivity index (χ0n) is 22.0. The van der Waals surface area contributed by atoms with E-state index in [1.54, 1.807) is 67.6 Å². The van der Waals surface area contributed by atoms with Crippen molar-refractivity contribution in [2.45, 2.75) is 19.9 Å². The zero-order valence-corrected chi connectivity index (χ0v) is 24.3. The van der Waals surface area contributed by atoms with Crippen molar-refractivity contribution in [1.29, 1.82) is 0 Å². The molecule has 1 aliphatic heterocycles. The van der Waals surface area contributed by atoms with Crippen LogP contribution in [0.1, 0.15) is 31.4 Å². The average molecular weight is 620 g/mol. The molecule has 0 N–H and O–H groups in total. The molecule has 0 amide bonds. The number of hydrogen-bond acceptors (Lipinski definition) is 8. The summed E-state index contributed by atoms with van der Waals surface area (Å²) in [6, 6.07) is 17.2. The van der Waals surface area contributed by atoms with Gasteiger partial charge >= 0.3 is 0 Å². The van der Waals surface area contributed by atoms with Gasteiger partial charge in [-0.1, -0.05) is 46.7 Å². The normalized spacial score (nSPS) is 15.0. The fraction of sp³-hybridized carbons (Fsp3) is 0.100. The van der Waals surface area contributed by atoms with Crippen molar-refractivity contribution in [1.82, 2.24) is 4.57 Å². The minimum absolute atomic E-state index is 0.0596. The molecule has 0 saturated heterocycles. The van der Waals surface area contributed by atoms with E-state index in [1.807, 2.05) is 0 Å². The van der Waals surface area contributed by atoms with Crippen molar-refractivity contribution < 1.29 is 18.6 Å². The minimum atomic E-state index is -0.838. The van der Waals surface area contributed by atoms with E-state index in [2.05, 4.69) is 4.99 Å². The lowest BCUT2D eigenvalue weighted by Gasteiger charge is -2.22. The number of non-ortho nitro benzene ring substituents is 1. The second kappa shape index (κ2) is 10.7. The largest absolute Gasteiger partial charge is 0.458 e. The Morgan fingerprint density at radius 2 is 1.76 bits per heavy atom. The van der Waals surface area contributed by atoms with Crippen LogP contribution in [-0.4, -0.2) is 15.3 Å². The number of aromatic nitrogens is 1. The molecule has 12 heteroatoms. The molecule has 0 spiro atoms. The lowest BCUT2D eigenvalue weighted by molar-refractivity contribution is -0.384. The van der Waals surface area contributed by atoms with E-state index in [-0.39, 0.29) is 17.0 Å². The van der Waals surface area contributed by atoms with Gasteiger partial charge in [-0.15, -0.1) is 0 Å². The maximum absolute atomic E-state index is 13.8. The van der Waals surface area contributed by atoms with Crippen molar-refractivity contribution >= 4 is 52.1 Å². The minimum Gasteiger partial charge on any atom is -0.458 e. The van der Waals surface area contributed by atoms with E-state index >= 15 is 0 Å². The molecule has 3 aromatic heterocycles. The number of hydrogen-bond donors (Lipinski definition) is 0. The molecule has 0 aliphatic carbocycles. The van der Waals surface area contributed by atoms with Crippen LogP contribution in [0.15, 0.2) is 96.6 Å². The fourth-order valence-electron chi connectivity index (χ4n) is 4.83. The second-order valence-electron chi connectivity index (χ2n) is 9.48. The molecular formula is C30H19Cl2N3O6S. The monoisotopic (exact) mass is 619 g/mol. The van der Waals surface area contributed by atoms with Gasteiger partial charge in [0.05, 0.1) is 19.5 Å². The van der Waals surface area contributed by atoms with Crippen LogP contribution in [0.5, 0.6) is 0 Å². The van der Waals surface area contributed by atoms with Crippen LogP contribution < -0.4 is 14.9 Å². The van der Waals surface area contributed by atoms with E-state index < -0.39 is 11.0 Å². The molecule has 1 atom stereocenters. The van der Waals surface area contributed by atoms with Gasteiger partial charge in [-0.25, -0.2) is 4.99 Å². The van der Waals surface area contributed by atoms with E-state index in [9.17, 15) is 19.7 Å². The third-order valence-electron chi connectivity index (χ3n) is 6.74. The predicted molar refractivity (Wildman–Crippen MR) is 159 cm³/mol. The predicted octanol–water partition coefficient (Wildman–Crippen LogP) is 6.56. The first kappa shape index (κ1) is 27.6. The van der Waals surface area contributed by atoms with Crippen LogP contribution in [-0.2, 0) is 4.79 Å². The Hall–Kier alpha value is -4.51. The summed E-state index contributed by atoms with van der Waals surface area (Å²) in [7, 11) is 0. The van der Waals surface area contributed by atoms with Gasteiger partial charge in [-0.2, -0.15) is 0 Å². The van der Waals surface area contributed by atoms with Gasteiger partial charge < -0.3 is 8.83 Å². The average Bonchev–Trinajstić information content (AvgIpc) is 3.70. The quantitative estimate of drug-likeness (QED) is 0.157. The van der Waals surface area contributed by atoms with Gasteiger partial charge in [0.1, 0.15) is 29.1 Å². The number of nitro groups is 1. The number of carbonyl (C=O) groups is 1. The number of thiazole rings is 1. The standard InChI is InChI=1S/C30H19Cl2N3O6S/c1-15-27(16(2)36)28(25-11-10-24(41-25)18-6-8-21(31)22(32)13-18)34-29(37)26(42-30(34)33-15)14-20-7-9-23(40-20)17-4-3-5-19(12-17)35(38)39/h3-14,28H,1-2H3/b26-14+/t28-/m1/s1. The number of furan rings is 2. The Labute approximate surface area is 251 Å². The van der Waals surface area contributed by atoms with Crippen molar-refractivity contribution in [2.24, 2.45) is 4.99 Å². The Morgan fingerprint density at radius 3 is 2.50 bits per heavy atom. The summed E-state index contributed by atoms with van der Waals surface area (Å²) in [6.07, 6.45) is 1.58. The molecule has 42 heavy (non-hydrogen) atoms. The molecule has 4 heterocycles. The SMILES string of the molecule is CC(=O)C1=C(C)N=c2s/c(=C/c3ccc(-c4cccc([N+](=O)[O-])c4)o3)c(=O)n2[C@@H]1c1ccc(-c2ccc(Cl)c(Cl)c2)o1. The topological polar surface area (TPSA) is 121 Å². The number of nitro benzene ring substituents is 1. The molecule has 6 rings (SSSR count). The summed E-state index contributed by atoms with van der Waals surface area (Å²) < 4.78 is 13.9. The Balaban J connectivity index is 1.43. The first-order chi connectivity index (χ1) is 20.1. The van der Waals surface area contributed by atoms with E-state index in [0.29, 0.717) is 64.8 Å². The van der Waals surface area contributed by atoms with Gasteiger partial charge in [0.15, 0.2) is 10.6 Å². The molecule has 0 bridgehead atoms. The molecule has 0 fully saturated rings. The number of rotatable bonds is 6. The molecule has 210 valence electrons. The second-order valence-corrected chi connectivity index (χ2v) is 11.3. The summed E-state index contributed by atoms with van der Waals surface area (Å²) in [5.41, 5.74) is 1.60. The molecule has 5 aromatic rings. The number of Topliss-reactive ketones (excluding diaryl/α,β-unsaturated/α-hetero) is 1. The van der Waals surface area contributed by atoms with Gasteiger partial charge in [0.2, 0.25) is 0 Å². The van der Waals surface area contributed by atoms with E-state index in [0.717, 1.165) is 11.3 Å². The third-order valence-corrected chi connectivity index (χ3v) is 8.46. The summed E-state index contributed by atoms with van der Waals surface area (Å²) in [5.74, 6) is 1.42. The van der Waals surface area contributed by atoms with Crippen LogP contribution in [0.3, 0.4) is 0 Å². The number of allylic oxidation sites excluding steroid dienone is 2. The maximum Gasteiger partial charge on any atom is 0.271 e. The highest BCUT2D eigenvalue weighted by molar-refractivity contribution is 7.07.